The van der Waals surface area contributed by atoms with Gasteiger partial charge in [0.25, 0.3) is 11.8 Å². The number of nitrogens with zero attached hydrogens (tertiary/aromatic N) is 2. The molecule has 1 aliphatic heterocycles. The molecule has 1 heterocycles. The van der Waals surface area contributed by atoms with E-state index in [1.165, 1.54) is 4.90 Å². The molecule has 7 heteroatoms. The van der Waals surface area contributed by atoms with Crippen LogP contribution in [0, 0.1) is 0 Å². The number of para-hydroxylation sites is 1. The summed E-state index contributed by atoms with van der Waals surface area (Å²) in [5, 5.41) is 4.25. The number of rotatable bonds is 7. The van der Waals surface area contributed by atoms with Crippen LogP contribution in [0.4, 0.5) is 5.69 Å². The van der Waals surface area contributed by atoms with Crippen molar-refractivity contribution in [3.8, 4) is 5.75 Å². The summed E-state index contributed by atoms with van der Waals surface area (Å²) >= 11 is 6.40. The van der Waals surface area contributed by atoms with Crippen molar-refractivity contribution in [1.82, 2.24) is 5.32 Å². The van der Waals surface area contributed by atoms with E-state index >= 15 is 0 Å². The van der Waals surface area contributed by atoms with Crippen molar-refractivity contribution >= 4 is 29.1 Å². The maximum atomic E-state index is 13.2. The van der Waals surface area contributed by atoms with Crippen molar-refractivity contribution < 1.29 is 19.1 Å². The molecule has 0 atom stereocenters. The van der Waals surface area contributed by atoms with Gasteiger partial charge in [0, 0.05) is 5.69 Å². The van der Waals surface area contributed by atoms with Gasteiger partial charge in [-0.15, -0.1) is 0 Å². The Bertz CT molecular complexity index is 1100. The van der Waals surface area contributed by atoms with Crippen molar-refractivity contribution in [3.05, 3.63) is 94.5 Å². The first-order valence-electron chi connectivity index (χ1n) is 10.3. The normalized spacial score (nSPS) is 13.2. The van der Waals surface area contributed by atoms with Crippen LogP contribution in [0.1, 0.15) is 21.5 Å². The van der Waals surface area contributed by atoms with Crippen LogP contribution in [0.5, 0.6) is 5.75 Å². The molecule has 0 spiro atoms. The Morgan fingerprint density at radius 1 is 1.00 bits per heavy atom. The van der Waals surface area contributed by atoms with E-state index in [-0.39, 0.29) is 29.9 Å². The molecule has 0 bridgehead atoms. The zero-order chi connectivity index (χ0) is 22.3. The van der Waals surface area contributed by atoms with E-state index in [2.05, 4.69) is 5.32 Å². The fraction of sp³-hybridized carbons (Fsp3) is 0.200. The van der Waals surface area contributed by atoms with Crippen molar-refractivity contribution in [2.75, 3.05) is 24.7 Å². The lowest BCUT2D eigenvalue weighted by atomic mass is 10.1. The Morgan fingerprint density at radius 2 is 1.78 bits per heavy atom. The average molecular weight is 450 g/mol. The Morgan fingerprint density at radius 3 is 2.59 bits per heavy atom. The van der Waals surface area contributed by atoms with Gasteiger partial charge >= 0.3 is 0 Å². The van der Waals surface area contributed by atoms with Gasteiger partial charge in [0.15, 0.2) is 0 Å². The monoisotopic (exact) mass is 449 g/mol. The van der Waals surface area contributed by atoms with E-state index in [9.17, 15) is 9.59 Å². The van der Waals surface area contributed by atoms with Crippen molar-refractivity contribution in [1.29, 1.82) is 0 Å². The van der Waals surface area contributed by atoms with Crippen LogP contribution in [-0.2, 0) is 22.7 Å². The van der Waals surface area contributed by atoms with Crippen LogP contribution in [0.2, 0.25) is 5.02 Å². The first kappa shape index (κ1) is 21.9. The molecule has 0 saturated carbocycles. The number of carbonyl (C=O) groups is 2. The van der Waals surface area contributed by atoms with E-state index in [1.54, 1.807) is 18.2 Å². The molecular weight excluding hydrogens is 428 g/mol. The first-order valence-corrected chi connectivity index (χ1v) is 10.6. The average Bonchev–Trinajstić information content (AvgIpc) is 2.98. The summed E-state index contributed by atoms with van der Waals surface area (Å²) in [6, 6.07) is 22.1. The highest BCUT2D eigenvalue weighted by molar-refractivity contribution is 6.34. The molecule has 1 aliphatic rings. The fourth-order valence-corrected chi connectivity index (χ4v) is 3.67. The Kier molecular flexibility index (Phi) is 7.04. The highest BCUT2D eigenvalue weighted by Gasteiger charge is 2.27. The third-order valence-corrected chi connectivity index (χ3v) is 5.34. The van der Waals surface area contributed by atoms with Crippen LogP contribution in [0.3, 0.4) is 0 Å². The zero-order valence-electron chi connectivity index (χ0n) is 17.4. The van der Waals surface area contributed by atoms with Gasteiger partial charge in [0.2, 0.25) is 0 Å². The topological polar surface area (TPSA) is 69.9 Å². The molecule has 0 saturated heterocycles. The summed E-state index contributed by atoms with van der Waals surface area (Å²) in [6.07, 6.45) is 0. The molecule has 6 nitrogen and oxygen atoms in total. The van der Waals surface area contributed by atoms with Gasteiger partial charge in [0.1, 0.15) is 18.9 Å². The lowest BCUT2D eigenvalue weighted by Gasteiger charge is -2.22. The molecule has 2 amide bonds. The molecule has 0 aromatic heterocycles. The fourth-order valence-electron chi connectivity index (χ4n) is 3.42. The van der Waals surface area contributed by atoms with Gasteiger partial charge < -0.3 is 9.47 Å². The van der Waals surface area contributed by atoms with Crippen LogP contribution < -0.4 is 15.0 Å². The summed E-state index contributed by atoms with van der Waals surface area (Å²) < 4.78 is 11.3. The van der Waals surface area contributed by atoms with Crippen molar-refractivity contribution in [2.24, 2.45) is 0 Å². The molecule has 0 unspecified atom stereocenters. The van der Waals surface area contributed by atoms with E-state index in [1.807, 2.05) is 54.6 Å². The zero-order valence-corrected chi connectivity index (χ0v) is 18.1. The minimum Gasteiger partial charge on any atom is -0.491 e. The summed E-state index contributed by atoms with van der Waals surface area (Å²) in [6.45, 7) is 1.42. The second-order valence-corrected chi connectivity index (χ2v) is 7.67. The summed E-state index contributed by atoms with van der Waals surface area (Å²) in [5.74, 6) is -0.163. The summed E-state index contributed by atoms with van der Waals surface area (Å²) in [4.78, 5) is 26.7. The third-order valence-electron chi connectivity index (χ3n) is 5.03. The minimum atomic E-state index is -0.356. The number of fused-ring (bicyclic) bond motifs is 1. The predicted molar refractivity (Wildman–Crippen MR) is 122 cm³/mol. The summed E-state index contributed by atoms with van der Waals surface area (Å²) in [7, 11) is 0. The van der Waals surface area contributed by atoms with Gasteiger partial charge in [-0.2, -0.15) is 0 Å². The highest BCUT2D eigenvalue weighted by atomic mass is 35.5. The SMILES string of the molecule is O=C1CN(C(=O)c2ccc(OCCOCc3ccccc3)cc2Cl)c2ccccc2C[N]1. The lowest BCUT2D eigenvalue weighted by molar-refractivity contribution is -0.120. The maximum Gasteiger partial charge on any atom is 0.261 e. The Balaban J connectivity index is 1.38. The number of ether oxygens (including phenoxy) is 2. The second kappa shape index (κ2) is 10.3. The van der Waals surface area contributed by atoms with Crippen molar-refractivity contribution in [3.63, 3.8) is 0 Å². The number of hydrogen-bond donors (Lipinski definition) is 0. The number of amides is 2. The van der Waals surface area contributed by atoms with Gasteiger partial charge in [-0.05, 0) is 35.4 Å². The number of halogens is 1. The molecule has 3 aromatic rings. The highest BCUT2D eigenvalue weighted by Crippen LogP contribution is 2.28. The molecule has 163 valence electrons. The first-order chi connectivity index (χ1) is 15.6. The lowest BCUT2D eigenvalue weighted by Crippen LogP contribution is -2.36. The van der Waals surface area contributed by atoms with Crippen molar-refractivity contribution in [2.45, 2.75) is 13.2 Å². The Labute approximate surface area is 191 Å². The molecule has 0 fully saturated rings. The predicted octanol–water partition coefficient (Wildman–Crippen LogP) is 4.23. The number of hydrogen-bond acceptors (Lipinski definition) is 4. The van der Waals surface area contributed by atoms with Crippen LogP contribution in [-0.4, -0.2) is 31.6 Å². The van der Waals surface area contributed by atoms with E-state index < -0.39 is 0 Å². The quantitative estimate of drug-likeness (QED) is 0.506. The number of carbonyl (C=O) groups excluding carboxylic acids is 2. The van der Waals surface area contributed by atoms with Gasteiger partial charge in [-0.1, -0.05) is 60.1 Å². The molecule has 3 aromatic carbocycles. The minimum absolute atomic E-state index is 0.122. The van der Waals surface area contributed by atoms with E-state index in [0.29, 0.717) is 36.8 Å². The van der Waals surface area contributed by atoms with Crippen LogP contribution in [0.25, 0.3) is 0 Å². The van der Waals surface area contributed by atoms with Gasteiger partial charge in [-0.3, -0.25) is 14.5 Å². The molecular formula is C25H22ClN2O4. The van der Waals surface area contributed by atoms with E-state index in [4.69, 9.17) is 21.1 Å². The third kappa shape index (κ3) is 5.28. The Hall–Kier alpha value is -3.35. The molecule has 32 heavy (non-hydrogen) atoms. The van der Waals surface area contributed by atoms with Gasteiger partial charge in [0.05, 0.1) is 30.3 Å². The maximum absolute atomic E-state index is 13.2. The van der Waals surface area contributed by atoms with E-state index in [0.717, 1.165) is 11.1 Å². The number of benzene rings is 3. The smallest absolute Gasteiger partial charge is 0.261 e. The molecule has 0 aliphatic carbocycles. The molecule has 4 rings (SSSR count). The van der Waals surface area contributed by atoms with Crippen LogP contribution >= 0.6 is 11.6 Å². The molecule has 1 radical (unpaired) electrons. The second-order valence-electron chi connectivity index (χ2n) is 7.26. The summed E-state index contributed by atoms with van der Waals surface area (Å²) in [5.41, 5.74) is 2.88. The largest absolute Gasteiger partial charge is 0.491 e. The standard InChI is InChI=1S/C25H22ClN2O4/c26-22-14-20(32-13-12-31-17-18-6-2-1-3-7-18)10-11-21(22)25(30)28-16-24(29)27-15-19-8-4-5-9-23(19)28/h1-11,14H,12-13,15-17H2. The van der Waals surface area contributed by atoms with Gasteiger partial charge in [-0.25, -0.2) is 5.32 Å². The van der Waals surface area contributed by atoms with Crippen LogP contribution in [0.15, 0.2) is 72.8 Å². The number of anilines is 1. The molecule has 0 N–H and O–H groups in total.